The van der Waals surface area contributed by atoms with E-state index in [2.05, 4.69) is 0 Å². The van der Waals surface area contributed by atoms with E-state index in [-0.39, 0.29) is 5.91 Å². The van der Waals surface area contributed by atoms with Gasteiger partial charge in [0.15, 0.2) is 0 Å². The Morgan fingerprint density at radius 2 is 2.27 bits per heavy atom. The maximum atomic E-state index is 10.3. The molecule has 0 heterocycles. The number of hydrogen-bond acceptors (Lipinski definition) is 3. The number of primary amides is 1. The summed E-state index contributed by atoms with van der Waals surface area (Å²) in [5, 5.41) is 8.22. The van der Waals surface area contributed by atoms with Gasteiger partial charge in [-0.3, -0.25) is 4.79 Å². The molecule has 0 aromatic heterocycles. The molecule has 0 aromatic carbocycles. The van der Waals surface area contributed by atoms with Crippen molar-refractivity contribution in [1.82, 2.24) is 4.90 Å². The number of carbonyl (C=O) groups is 1. The van der Waals surface area contributed by atoms with Gasteiger partial charge in [0.2, 0.25) is 5.91 Å². The lowest BCUT2D eigenvalue weighted by molar-refractivity contribution is -0.118. The highest BCUT2D eigenvalue weighted by Crippen LogP contribution is 1.88. The molecule has 0 aromatic rings. The molecule has 1 amide bonds. The quantitative estimate of drug-likeness (QED) is 0.593. The van der Waals surface area contributed by atoms with Crippen molar-refractivity contribution in [3.05, 3.63) is 0 Å². The summed E-state index contributed by atoms with van der Waals surface area (Å²) in [4.78, 5) is 12.2. The average Bonchev–Trinajstić information content (AvgIpc) is 1.97. The number of rotatable bonds is 5. The summed E-state index contributed by atoms with van der Waals surface area (Å²) >= 11 is 0. The Morgan fingerprint density at radius 3 is 2.73 bits per heavy atom. The molecule has 4 heteroatoms. The van der Waals surface area contributed by atoms with Gasteiger partial charge in [0.05, 0.1) is 6.07 Å². The third-order valence-corrected chi connectivity index (χ3v) is 1.35. The van der Waals surface area contributed by atoms with Gasteiger partial charge in [-0.25, -0.2) is 0 Å². The molecule has 0 bridgehead atoms. The predicted molar refractivity (Wildman–Crippen MR) is 41.5 cm³/mol. The molecule has 0 saturated carbocycles. The first-order chi connectivity index (χ1) is 5.16. The Labute approximate surface area is 66.6 Å². The molecule has 2 N–H and O–H groups in total. The molecule has 62 valence electrons. The second kappa shape index (κ2) is 5.69. The molecular formula is C7H13N3O. The topological polar surface area (TPSA) is 70.1 Å². The monoisotopic (exact) mass is 155 g/mol. The van der Waals surface area contributed by atoms with Crippen LogP contribution in [0.5, 0.6) is 0 Å². The van der Waals surface area contributed by atoms with Crippen LogP contribution >= 0.6 is 0 Å². The SMILES string of the molecule is CN(CCC#N)CCC(N)=O. The summed E-state index contributed by atoms with van der Waals surface area (Å²) in [5.74, 6) is -0.297. The molecule has 0 spiro atoms. The maximum absolute atomic E-state index is 10.3. The molecule has 0 rings (SSSR count). The lowest BCUT2D eigenvalue weighted by Gasteiger charge is -2.12. The molecule has 11 heavy (non-hydrogen) atoms. The van der Waals surface area contributed by atoms with Crippen LogP contribution in [0.2, 0.25) is 0 Å². The number of amides is 1. The third kappa shape index (κ3) is 6.81. The zero-order chi connectivity index (χ0) is 8.69. The van der Waals surface area contributed by atoms with Gasteiger partial charge >= 0.3 is 0 Å². The van der Waals surface area contributed by atoms with Crippen molar-refractivity contribution in [1.29, 1.82) is 5.26 Å². The summed E-state index contributed by atoms with van der Waals surface area (Å²) in [6.07, 6.45) is 0.858. The van der Waals surface area contributed by atoms with Gasteiger partial charge in [-0.15, -0.1) is 0 Å². The van der Waals surface area contributed by atoms with Crippen molar-refractivity contribution in [2.75, 3.05) is 20.1 Å². The highest BCUT2D eigenvalue weighted by Gasteiger charge is 1.99. The van der Waals surface area contributed by atoms with Crippen LogP contribution in [0.4, 0.5) is 0 Å². The van der Waals surface area contributed by atoms with E-state index in [0.717, 1.165) is 0 Å². The van der Waals surface area contributed by atoms with Gasteiger partial charge in [-0.1, -0.05) is 0 Å². The van der Waals surface area contributed by atoms with Gasteiger partial charge in [0.1, 0.15) is 0 Å². The summed E-state index contributed by atoms with van der Waals surface area (Å²) in [6.45, 7) is 1.33. The zero-order valence-electron chi connectivity index (χ0n) is 6.71. The van der Waals surface area contributed by atoms with E-state index in [1.165, 1.54) is 0 Å². The fraction of sp³-hybridized carbons (Fsp3) is 0.714. The third-order valence-electron chi connectivity index (χ3n) is 1.35. The number of hydrogen-bond donors (Lipinski definition) is 1. The largest absolute Gasteiger partial charge is 0.370 e. The Kier molecular flexibility index (Phi) is 5.13. The van der Waals surface area contributed by atoms with E-state index < -0.39 is 0 Å². The molecule has 0 radical (unpaired) electrons. The van der Waals surface area contributed by atoms with Crippen LogP contribution in [-0.2, 0) is 4.79 Å². The Balaban J connectivity index is 3.31. The molecule has 0 aliphatic carbocycles. The van der Waals surface area contributed by atoms with Gasteiger partial charge in [0.25, 0.3) is 0 Å². The smallest absolute Gasteiger partial charge is 0.218 e. The van der Waals surface area contributed by atoms with Crippen LogP contribution in [-0.4, -0.2) is 30.9 Å². The van der Waals surface area contributed by atoms with Crippen LogP contribution in [0.25, 0.3) is 0 Å². The minimum absolute atomic E-state index is 0.297. The summed E-state index contributed by atoms with van der Waals surface area (Å²) in [7, 11) is 1.86. The van der Waals surface area contributed by atoms with Crippen LogP contribution < -0.4 is 5.73 Å². The highest BCUT2D eigenvalue weighted by atomic mass is 16.1. The fourth-order valence-corrected chi connectivity index (χ4v) is 0.654. The molecule has 0 atom stereocenters. The van der Waals surface area contributed by atoms with Gasteiger partial charge in [0, 0.05) is 25.9 Å². The van der Waals surface area contributed by atoms with Gasteiger partial charge in [-0.2, -0.15) is 5.26 Å². The van der Waals surface area contributed by atoms with Crippen LogP contribution in [0.1, 0.15) is 12.8 Å². The van der Waals surface area contributed by atoms with E-state index in [1.54, 1.807) is 0 Å². The standard InChI is InChI=1S/C7H13N3O/c1-10(5-2-4-8)6-3-7(9)11/h2-3,5-6H2,1H3,(H2,9,11). The second-order valence-corrected chi connectivity index (χ2v) is 2.43. The van der Waals surface area contributed by atoms with Crippen molar-refractivity contribution >= 4 is 5.91 Å². The van der Waals surface area contributed by atoms with E-state index in [9.17, 15) is 4.79 Å². The molecular weight excluding hydrogens is 142 g/mol. The molecule has 0 saturated heterocycles. The van der Waals surface area contributed by atoms with Crippen molar-refractivity contribution < 1.29 is 4.79 Å². The maximum Gasteiger partial charge on any atom is 0.218 e. The van der Waals surface area contributed by atoms with Crippen molar-refractivity contribution in [2.45, 2.75) is 12.8 Å². The zero-order valence-corrected chi connectivity index (χ0v) is 6.71. The normalized spacial score (nSPS) is 9.55. The van der Waals surface area contributed by atoms with Crippen molar-refractivity contribution in [2.24, 2.45) is 5.73 Å². The number of nitriles is 1. The molecule has 4 nitrogen and oxygen atoms in total. The lowest BCUT2D eigenvalue weighted by Crippen LogP contribution is -2.25. The van der Waals surface area contributed by atoms with Crippen LogP contribution in [0, 0.1) is 11.3 Å². The average molecular weight is 155 g/mol. The molecule has 0 aliphatic rings. The Hall–Kier alpha value is -1.08. The molecule has 0 fully saturated rings. The highest BCUT2D eigenvalue weighted by molar-refractivity contribution is 5.73. The first kappa shape index (κ1) is 9.92. The van der Waals surface area contributed by atoms with E-state index in [4.69, 9.17) is 11.0 Å². The number of nitrogens with two attached hydrogens (primary N) is 1. The van der Waals surface area contributed by atoms with Crippen molar-refractivity contribution in [3.63, 3.8) is 0 Å². The second-order valence-electron chi connectivity index (χ2n) is 2.43. The van der Waals surface area contributed by atoms with E-state index in [0.29, 0.717) is 25.9 Å². The Morgan fingerprint density at radius 1 is 1.64 bits per heavy atom. The van der Waals surface area contributed by atoms with E-state index in [1.807, 2.05) is 18.0 Å². The van der Waals surface area contributed by atoms with Crippen molar-refractivity contribution in [3.8, 4) is 6.07 Å². The van der Waals surface area contributed by atoms with Crippen LogP contribution in [0.15, 0.2) is 0 Å². The fourth-order valence-electron chi connectivity index (χ4n) is 0.654. The Bertz CT molecular complexity index is 162. The first-order valence-electron chi connectivity index (χ1n) is 3.50. The minimum Gasteiger partial charge on any atom is -0.370 e. The first-order valence-corrected chi connectivity index (χ1v) is 3.50. The van der Waals surface area contributed by atoms with Gasteiger partial charge in [-0.05, 0) is 7.05 Å². The summed E-state index contributed by atoms with van der Waals surface area (Å²) in [6, 6.07) is 2.03. The summed E-state index contributed by atoms with van der Waals surface area (Å²) < 4.78 is 0. The predicted octanol–water partition coefficient (Wildman–Crippen LogP) is -0.293. The summed E-state index contributed by atoms with van der Waals surface area (Å²) in [5.41, 5.74) is 4.94. The van der Waals surface area contributed by atoms with Gasteiger partial charge < -0.3 is 10.6 Å². The number of carbonyl (C=O) groups excluding carboxylic acids is 1. The minimum atomic E-state index is -0.297. The number of nitrogens with zero attached hydrogens (tertiary/aromatic N) is 2. The van der Waals surface area contributed by atoms with E-state index >= 15 is 0 Å². The van der Waals surface area contributed by atoms with Crippen LogP contribution in [0.3, 0.4) is 0 Å². The molecule has 0 aliphatic heterocycles. The molecule has 0 unspecified atom stereocenters. The lowest BCUT2D eigenvalue weighted by atomic mass is 10.3.